The largest absolute Gasteiger partial charge is 0.310 e. The fraction of sp³-hybridized carbons (Fsp3) is 0. The second-order valence-corrected chi connectivity index (χ2v) is 12.9. The lowest BCUT2D eigenvalue weighted by Crippen LogP contribution is -2.10. The molecule has 222 valence electrons. The molecule has 3 heteroatoms. The molecule has 47 heavy (non-hydrogen) atoms. The predicted molar refractivity (Wildman–Crippen MR) is 204 cm³/mol. The van der Waals surface area contributed by atoms with E-state index in [0.717, 1.165) is 38.3 Å². The standard InChI is InChI=1S/C44H29BrN2/c45-36-25-35(32-17-21-37(22-18-32)47-43-15-7-5-13-41(43)42-14-6-8-16-44(42)47)28-40(29-36)46(38-23-19-30-9-1-3-11-33(30)26-38)39-24-20-31-10-2-4-12-34(31)27-39/h1-29H. The number of aromatic nitrogens is 1. The Kier molecular flexibility index (Phi) is 6.65. The maximum absolute atomic E-state index is 3.87. The van der Waals surface area contributed by atoms with Gasteiger partial charge in [-0.1, -0.05) is 125 Å². The quantitative estimate of drug-likeness (QED) is 0.178. The molecule has 0 amide bonds. The number of halogens is 1. The molecule has 0 saturated heterocycles. The molecule has 0 saturated carbocycles. The van der Waals surface area contributed by atoms with Crippen molar-refractivity contribution in [2.45, 2.75) is 0 Å². The van der Waals surface area contributed by atoms with Crippen LogP contribution >= 0.6 is 15.9 Å². The summed E-state index contributed by atoms with van der Waals surface area (Å²) in [5, 5.41) is 7.43. The van der Waals surface area contributed by atoms with E-state index >= 15 is 0 Å². The Labute approximate surface area is 281 Å². The number of fused-ring (bicyclic) bond motifs is 5. The van der Waals surface area contributed by atoms with Gasteiger partial charge in [-0.25, -0.2) is 0 Å². The first-order valence-corrected chi connectivity index (χ1v) is 16.7. The third-order valence-corrected chi connectivity index (χ3v) is 9.62. The van der Waals surface area contributed by atoms with Crippen LogP contribution in [0, 0.1) is 0 Å². The molecule has 8 aromatic carbocycles. The minimum Gasteiger partial charge on any atom is -0.310 e. The van der Waals surface area contributed by atoms with Gasteiger partial charge in [0.15, 0.2) is 0 Å². The molecular formula is C44H29BrN2. The molecule has 9 rings (SSSR count). The maximum Gasteiger partial charge on any atom is 0.0541 e. The highest BCUT2D eigenvalue weighted by Crippen LogP contribution is 2.41. The van der Waals surface area contributed by atoms with E-state index in [1.807, 2.05) is 0 Å². The van der Waals surface area contributed by atoms with Crippen LogP contribution in [-0.4, -0.2) is 4.57 Å². The molecule has 0 aliphatic rings. The molecule has 9 aromatic rings. The van der Waals surface area contributed by atoms with E-state index in [-0.39, 0.29) is 0 Å². The van der Waals surface area contributed by atoms with Gasteiger partial charge in [0.25, 0.3) is 0 Å². The van der Waals surface area contributed by atoms with E-state index in [2.05, 4.69) is 201 Å². The van der Waals surface area contributed by atoms with Gasteiger partial charge in [0, 0.05) is 38.0 Å². The molecule has 0 aliphatic carbocycles. The number of anilines is 3. The van der Waals surface area contributed by atoms with Gasteiger partial charge < -0.3 is 9.47 Å². The molecule has 0 aliphatic heterocycles. The summed E-state index contributed by atoms with van der Waals surface area (Å²) in [4.78, 5) is 2.36. The van der Waals surface area contributed by atoms with E-state index < -0.39 is 0 Å². The van der Waals surface area contributed by atoms with Gasteiger partial charge in [0.05, 0.1) is 11.0 Å². The van der Waals surface area contributed by atoms with E-state index in [4.69, 9.17) is 0 Å². The number of para-hydroxylation sites is 2. The Morgan fingerprint density at radius 2 is 0.894 bits per heavy atom. The summed E-state index contributed by atoms with van der Waals surface area (Å²) in [5.74, 6) is 0. The van der Waals surface area contributed by atoms with E-state index in [1.54, 1.807) is 0 Å². The molecular weight excluding hydrogens is 636 g/mol. The zero-order valence-corrected chi connectivity index (χ0v) is 27.1. The minimum atomic E-state index is 1.03. The van der Waals surface area contributed by atoms with Crippen LogP contribution in [0.4, 0.5) is 17.1 Å². The van der Waals surface area contributed by atoms with Crippen LogP contribution in [0.1, 0.15) is 0 Å². The van der Waals surface area contributed by atoms with E-state index in [9.17, 15) is 0 Å². The molecule has 1 heterocycles. The summed E-state index contributed by atoms with van der Waals surface area (Å²) in [6.07, 6.45) is 0. The number of rotatable bonds is 5. The Bertz CT molecular complexity index is 2460. The Balaban J connectivity index is 1.17. The highest BCUT2D eigenvalue weighted by molar-refractivity contribution is 9.10. The van der Waals surface area contributed by atoms with Crippen molar-refractivity contribution in [2.75, 3.05) is 4.90 Å². The van der Waals surface area contributed by atoms with Crippen LogP contribution in [0.25, 0.3) is 60.2 Å². The first-order chi connectivity index (χ1) is 23.2. The lowest BCUT2D eigenvalue weighted by Gasteiger charge is -2.27. The average molecular weight is 666 g/mol. The van der Waals surface area contributed by atoms with E-state index in [0.29, 0.717) is 0 Å². The Morgan fingerprint density at radius 1 is 0.383 bits per heavy atom. The third kappa shape index (κ3) is 4.88. The number of benzene rings is 8. The average Bonchev–Trinajstić information content (AvgIpc) is 3.46. The molecule has 0 spiro atoms. The first-order valence-electron chi connectivity index (χ1n) is 15.9. The SMILES string of the molecule is Brc1cc(-c2ccc(-n3c4ccccc4c4ccccc43)cc2)cc(N(c2ccc3ccccc3c2)c2ccc3ccccc3c2)c1. The Morgan fingerprint density at radius 3 is 1.47 bits per heavy atom. The maximum atomic E-state index is 3.87. The van der Waals surface area contributed by atoms with Crippen LogP contribution in [0.2, 0.25) is 0 Å². The van der Waals surface area contributed by atoms with Crippen molar-refractivity contribution in [1.82, 2.24) is 4.57 Å². The highest BCUT2D eigenvalue weighted by atomic mass is 79.9. The molecule has 0 unspecified atom stereocenters. The van der Waals surface area contributed by atoms with Crippen molar-refractivity contribution in [3.05, 3.63) is 180 Å². The second kappa shape index (κ2) is 11.3. The summed E-state index contributed by atoms with van der Waals surface area (Å²) in [6, 6.07) is 63.5. The molecule has 0 fully saturated rings. The fourth-order valence-electron chi connectivity index (χ4n) is 6.95. The van der Waals surface area contributed by atoms with Crippen LogP contribution in [0.3, 0.4) is 0 Å². The van der Waals surface area contributed by atoms with Gasteiger partial charge >= 0.3 is 0 Å². The van der Waals surface area contributed by atoms with Gasteiger partial charge in [-0.3, -0.25) is 0 Å². The molecule has 0 N–H and O–H groups in total. The number of hydrogen-bond acceptors (Lipinski definition) is 1. The van der Waals surface area contributed by atoms with Gasteiger partial charge in [0.2, 0.25) is 0 Å². The zero-order valence-electron chi connectivity index (χ0n) is 25.5. The molecule has 0 bridgehead atoms. The van der Waals surface area contributed by atoms with Crippen molar-refractivity contribution in [3.63, 3.8) is 0 Å². The van der Waals surface area contributed by atoms with E-state index in [1.165, 1.54) is 43.4 Å². The van der Waals surface area contributed by atoms with Crippen LogP contribution < -0.4 is 4.90 Å². The first kappa shape index (κ1) is 27.7. The molecule has 1 aromatic heterocycles. The smallest absolute Gasteiger partial charge is 0.0541 e. The van der Waals surface area contributed by atoms with Crippen LogP contribution in [0.5, 0.6) is 0 Å². The van der Waals surface area contributed by atoms with Crippen molar-refractivity contribution >= 4 is 76.3 Å². The molecule has 0 radical (unpaired) electrons. The summed E-state index contributed by atoms with van der Waals surface area (Å²) < 4.78 is 3.39. The van der Waals surface area contributed by atoms with Gasteiger partial charge in [-0.15, -0.1) is 0 Å². The summed E-state index contributed by atoms with van der Waals surface area (Å²) in [7, 11) is 0. The van der Waals surface area contributed by atoms with Crippen molar-refractivity contribution in [2.24, 2.45) is 0 Å². The third-order valence-electron chi connectivity index (χ3n) is 9.16. The van der Waals surface area contributed by atoms with Crippen molar-refractivity contribution in [3.8, 4) is 16.8 Å². The van der Waals surface area contributed by atoms with Crippen LogP contribution in [-0.2, 0) is 0 Å². The fourth-order valence-corrected chi connectivity index (χ4v) is 7.43. The number of nitrogens with zero attached hydrogens (tertiary/aromatic N) is 2. The molecule has 0 atom stereocenters. The summed E-state index contributed by atoms with van der Waals surface area (Å²) in [5.41, 5.74) is 9.21. The summed E-state index contributed by atoms with van der Waals surface area (Å²) >= 11 is 3.87. The number of hydrogen-bond donors (Lipinski definition) is 0. The van der Waals surface area contributed by atoms with Crippen molar-refractivity contribution in [1.29, 1.82) is 0 Å². The minimum absolute atomic E-state index is 1.03. The summed E-state index contributed by atoms with van der Waals surface area (Å²) in [6.45, 7) is 0. The van der Waals surface area contributed by atoms with Crippen molar-refractivity contribution < 1.29 is 0 Å². The van der Waals surface area contributed by atoms with Gasteiger partial charge in [0.1, 0.15) is 0 Å². The normalized spacial score (nSPS) is 11.5. The predicted octanol–water partition coefficient (Wildman–Crippen LogP) is 13.0. The van der Waals surface area contributed by atoms with Gasteiger partial charge in [-0.05, 0) is 99.4 Å². The monoisotopic (exact) mass is 664 g/mol. The van der Waals surface area contributed by atoms with Crippen LogP contribution in [0.15, 0.2) is 180 Å². The lowest BCUT2D eigenvalue weighted by atomic mass is 10.0. The highest BCUT2D eigenvalue weighted by Gasteiger charge is 2.17. The lowest BCUT2D eigenvalue weighted by molar-refractivity contribution is 1.18. The second-order valence-electron chi connectivity index (χ2n) is 12.0. The zero-order chi connectivity index (χ0) is 31.3. The Hall–Kier alpha value is -5.64. The van der Waals surface area contributed by atoms with Gasteiger partial charge in [-0.2, -0.15) is 0 Å². The molecule has 2 nitrogen and oxygen atoms in total. The topological polar surface area (TPSA) is 8.17 Å².